The van der Waals surface area contributed by atoms with Gasteiger partial charge in [-0.05, 0) is 17.2 Å². The second kappa shape index (κ2) is 4.59. The van der Waals surface area contributed by atoms with Crippen LogP contribution in [0.4, 0.5) is 0 Å². The summed E-state index contributed by atoms with van der Waals surface area (Å²) in [6, 6.07) is 17.9. The molecule has 0 bridgehead atoms. The number of aromatic nitrogens is 1. The predicted molar refractivity (Wildman–Crippen MR) is 97.0 cm³/mol. The van der Waals surface area contributed by atoms with E-state index in [1.54, 1.807) is 0 Å². The summed E-state index contributed by atoms with van der Waals surface area (Å²) < 4.78 is 2.59. The molecule has 4 rings (SSSR count). The number of fused-ring (bicyclic) bond motifs is 5. The summed E-state index contributed by atoms with van der Waals surface area (Å²) >= 11 is 0. The standard InChI is InChI=1S/C20H22NSi/c1-20(2)16-11-7-5-9-14(16)19-18(20)15-10-6-8-12-17(15)21(19)13-22(3)4/h5-12H,13H2,1-4H3. The molecule has 22 heavy (non-hydrogen) atoms. The number of benzene rings is 2. The third-order valence-electron chi connectivity index (χ3n) is 4.93. The third-order valence-corrected chi connectivity index (χ3v) is 5.87. The highest BCUT2D eigenvalue weighted by Gasteiger charge is 2.39. The summed E-state index contributed by atoms with van der Waals surface area (Å²) in [5.41, 5.74) is 7.38. The van der Waals surface area contributed by atoms with Crippen LogP contribution in [0.3, 0.4) is 0 Å². The van der Waals surface area contributed by atoms with Crippen molar-refractivity contribution >= 4 is 19.7 Å². The van der Waals surface area contributed by atoms with Gasteiger partial charge < -0.3 is 4.57 Å². The van der Waals surface area contributed by atoms with Crippen molar-refractivity contribution in [3.63, 3.8) is 0 Å². The fourth-order valence-electron chi connectivity index (χ4n) is 4.07. The Labute approximate surface area is 134 Å². The van der Waals surface area contributed by atoms with Crippen molar-refractivity contribution in [3.05, 3.63) is 59.7 Å². The van der Waals surface area contributed by atoms with Gasteiger partial charge >= 0.3 is 0 Å². The molecule has 111 valence electrons. The molecule has 3 aromatic rings. The highest BCUT2D eigenvalue weighted by molar-refractivity contribution is 6.54. The minimum Gasteiger partial charge on any atom is -0.344 e. The van der Waals surface area contributed by atoms with E-state index in [0.29, 0.717) is 0 Å². The van der Waals surface area contributed by atoms with Gasteiger partial charge in [-0.3, -0.25) is 0 Å². The Hall–Kier alpha value is -1.80. The molecule has 1 nitrogen and oxygen atoms in total. The van der Waals surface area contributed by atoms with Gasteiger partial charge in [0.2, 0.25) is 0 Å². The molecule has 1 heterocycles. The quantitative estimate of drug-likeness (QED) is 0.570. The minimum atomic E-state index is -0.344. The third kappa shape index (κ3) is 1.70. The lowest BCUT2D eigenvalue weighted by Crippen LogP contribution is -2.14. The van der Waals surface area contributed by atoms with Gasteiger partial charge in [0.25, 0.3) is 0 Å². The average molecular weight is 304 g/mol. The zero-order valence-electron chi connectivity index (χ0n) is 13.8. The van der Waals surface area contributed by atoms with Gasteiger partial charge in [0, 0.05) is 28.0 Å². The molecule has 0 amide bonds. The maximum absolute atomic E-state index is 2.59. The first-order valence-electron chi connectivity index (χ1n) is 8.02. The van der Waals surface area contributed by atoms with Crippen LogP contribution in [0.5, 0.6) is 0 Å². The Balaban J connectivity index is 2.15. The van der Waals surface area contributed by atoms with Crippen LogP contribution in [0.2, 0.25) is 13.1 Å². The van der Waals surface area contributed by atoms with Gasteiger partial charge in [0.15, 0.2) is 0 Å². The summed E-state index contributed by atoms with van der Waals surface area (Å²) in [7, 11) is -0.344. The Kier molecular flexibility index (Phi) is 2.89. The largest absolute Gasteiger partial charge is 0.344 e. The van der Waals surface area contributed by atoms with Gasteiger partial charge in [-0.25, -0.2) is 0 Å². The summed E-state index contributed by atoms with van der Waals surface area (Å²) in [6.07, 6.45) is 1.17. The molecule has 0 saturated carbocycles. The van der Waals surface area contributed by atoms with Crippen molar-refractivity contribution in [1.29, 1.82) is 0 Å². The van der Waals surface area contributed by atoms with Crippen LogP contribution in [-0.4, -0.2) is 13.4 Å². The summed E-state index contributed by atoms with van der Waals surface area (Å²) in [5.74, 6) is 0. The van der Waals surface area contributed by atoms with Crippen LogP contribution >= 0.6 is 0 Å². The van der Waals surface area contributed by atoms with Crippen molar-refractivity contribution in [2.24, 2.45) is 0 Å². The first-order valence-corrected chi connectivity index (χ1v) is 10.7. The molecule has 1 aromatic heterocycles. The van der Waals surface area contributed by atoms with E-state index >= 15 is 0 Å². The van der Waals surface area contributed by atoms with Gasteiger partial charge in [0.05, 0.1) is 14.5 Å². The highest BCUT2D eigenvalue weighted by atomic mass is 28.3. The maximum Gasteiger partial charge on any atom is 0.0661 e. The smallest absolute Gasteiger partial charge is 0.0661 e. The van der Waals surface area contributed by atoms with Crippen molar-refractivity contribution in [1.82, 2.24) is 4.57 Å². The van der Waals surface area contributed by atoms with Crippen molar-refractivity contribution < 1.29 is 0 Å². The van der Waals surface area contributed by atoms with Crippen molar-refractivity contribution in [3.8, 4) is 11.3 Å². The highest BCUT2D eigenvalue weighted by Crippen LogP contribution is 2.52. The number of hydrogen-bond donors (Lipinski definition) is 0. The van der Waals surface area contributed by atoms with Crippen LogP contribution in [0, 0.1) is 0 Å². The molecular weight excluding hydrogens is 282 g/mol. The first kappa shape index (κ1) is 13.8. The Morgan fingerprint density at radius 1 is 0.955 bits per heavy atom. The molecule has 1 aliphatic rings. The van der Waals surface area contributed by atoms with Gasteiger partial charge in [-0.1, -0.05) is 69.4 Å². The van der Waals surface area contributed by atoms with Crippen LogP contribution in [0.15, 0.2) is 48.5 Å². The van der Waals surface area contributed by atoms with Crippen LogP contribution < -0.4 is 0 Å². The topological polar surface area (TPSA) is 4.93 Å². The van der Waals surface area contributed by atoms with Crippen LogP contribution in [0.1, 0.15) is 25.0 Å². The van der Waals surface area contributed by atoms with Gasteiger partial charge in [0.1, 0.15) is 0 Å². The Morgan fingerprint density at radius 2 is 1.64 bits per heavy atom. The second-order valence-corrected chi connectivity index (χ2v) is 9.94. The molecule has 0 N–H and O–H groups in total. The molecule has 0 saturated heterocycles. The lowest BCUT2D eigenvalue weighted by Gasteiger charge is -2.21. The maximum atomic E-state index is 2.59. The fourth-order valence-corrected chi connectivity index (χ4v) is 5.03. The molecule has 0 aliphatic heterocycles. The monoisotopic (exact) mass is 304 g/mol. The van der Waals surface area contributed by atoms with Crippen molar-refractivity contribution in [2.75, 3.05) is 0 Å². The summed E-state index contributed by atoms with van der Waals surface area (Å²) in [6.45, 7) is 9.55. The molecule has 0 unspecified atom stereocenters. The normalized spacial score (nSPS) is 15.3. The summed E-state index contributed by atoms with van der Waals surface area (Å²) in [5, 5.41) is 1.43. The Bertz CT molecular complexity index is 871. The van der Waals surface area contributed by atoms with Gasteiger partial charge in [-0.15, -0.1) is 0 Å². The minimum absolute atomic E-state index is 0.0885. The lowest BCUT2D eigenvalue weighted by atomic mass is 9.81. The summed E-state index contributed by atoms with van der Waals surface area (Å²) in [4.78, 5) is 0. The number of para-hydroxylation sites is 1. The zero-order valence-corrected chi connectivity index (χ0v) is 14.8. The van der Waals surface area contributed by atoms with Crippen LogP contribution in [-0.2, 0) is 11.6 Å². The lowest BCUT2D eigenvalue weighted by molar-refractivity contribution is 0.665. The average Bonchev–Trinajstić information content (AvgIpc) is 2.93. The predicted octanol–water partition coefficient (Wildman–Crippen LogP) is 5.24. The molecule has 2 heteroatoms. The van der Waals surface area contributed by atoms with E-state index < -0.39 is 0 Å². The zero-order chi connectivity index (χ0) is 15.5. The Morgan fingerprint density at radius 3 is 2.41 bits per heavy atom. The van der Waals surface area contributed by atoms with Crippen molar-refractivity contribution in [2.45, 2.75) is 38.5 Å². The van der Waals surface area contributed by atoms with E-state index in [0.717, 1.165) is 0 Å². The molecule has 0 atom stereocenters. The SMILES string of the molecule is C[Si](C)Cn1c2c(c3ccccc31)C(C)(C)c1ccccc1-2. The molecule has 0 fully saturated rings. The first-order chi connectivity index (χ1) is 10.5. The van der Waals surface area contributed by atoms with E-state index in [1.165, 1.54) is 39.5 Å². The van der Waals surface area contributed by atoms with E-state index in [2.05, 4.69) is 80.0 Å². The molecule has 2 aromatic carbocycles. The number of nitrogens with zero attached hydrogens (tertiary/aromatic N) is 1. The number of rotatable bonds is 2. The van der Waals surface area contributed by atoms with E-state index in [-0.39, 0.29) is 14.2 Å². The fraction of sp³-hybridized carbons (Fsp3) is 0.300. The van der Waals surface area contributed by atoms with Crippen LogP contribution in [0.25, 0.3) is 22.2 Å². The molecule has 0 spiro atoms. The van der Waals surface area contributed by atoms with E-state index in [4.69, 9.17) is 0 Å². The second-order valence-electron chi connectivity index (χ2n) is 7.20. The number of hydrogen-bond acceptors (Lipinski definition) is 0. The van der Waals surface area contributed by atoms with E-state index in [1.807, 2.05) is 0 Å². The van der Waals surface area contributed by atoms with E-state index in [9.17, 15) is 0 Å². The molecule has 1 aliphatic carbocycles. The van der Waals surface area contributed by atoms with Gasteiger partial charge in [-0.2, -0.15) is 0 Å². The molecule has 1 radical (unpaired) electrons. The molecular formula is C20H22NSi.